The summed E-state index contributed by atoms with van der Waals surface area (Å²) < 4.78 is 0. The fraction of sp³-hybridized carbons (Fsp3) is 0.611. The van der Waals surface area contributed by atoms with E-state index in [2.05, 4.69) is 26.1 Å². The average Bonchev–Trinajstić information content (AvgIpc) is 2.48. The van der Waals surface area contributed by atoms with Gasteiger partial charge in [-0.15, -0.1) is 0 Å². The van der Waals surface area contributed by atoms with E-state index in [1.54, 1.807) is 0 Å². The van der Waals surface area contributed by atoms with E-state index in [4.69, 9.17) is 0 Å². The van der Waals surface area contributed by atoms with Crippen LogP contribution in [0.2, 0.25) is 0 Å². The minimum absolute atomic E-state index is 0.160. The summed E-state index contributed by atoms with van der Waals surface area (Å²) in [6.07, 6.45) is 6.64. The Balaban J connectivity index is 2.77. The molecule has 0 aromatic heterocycles. The van der Waals surface area contributed by atoms with Gasteiger partial charge in [0.15, 0.2) is 11.5 Å². The summed E-state index contributed by atoms with van der Waals surface area (Å²) in [6.45, 7) is 7.20. The molecule has 0 aliphatic heterocycles. The van der Waals surface area contributed by atoms with Gasteiger partial charge in [-0.3, -0.25) is 4.79 Å². The minimum Gasteiger partial charge on any atom is -0.504 e. The number of amides is 1. The predicted octanol–water partition coefficient (Wildman–Crippen LogP) is 4.21. The molecule has 4 heteroatoms. The molecule has 0 bridgehead atoms. The van der Waals surface area contributed by atoms with Crippen LogP contribution in [-0.2, 0) is 0 Å². The second kappa shape index (κ2) is 8.66. The van der Waals surface area contributed by atoms with E-state index in [-0.39, 0.29) is 22.8 Å². The molecule has 1 aromatic rings. The van der Waals surface area contributed by atoms with E-state index in [1.807, 2.05) is 0 Å². The molecule has 1 rings (SSSR count). The second-order valence-electron chi connectivity index (χ2n) is 6.14. The summed E-state index contributed by atoms with van der Waals surface area (Å²) in [4.78, 5) is 12.3. The van der Waals surface area contributed by atoms with Gasteiger partial charge in [0.2, 0.25) is 0 Å². The third-order valence-electron chi connectivity index (χ3n) is 4.20. The lowest BCUT2D eigenvalue weighted by Crippen LogP contribution is -2.37. The van der Waals surface area contributed by atoms with Crippen LogP contribution in [0, 0.1) is 5.41 Å². The van der Waals surface area contributed by atoms with Gasteiger partial charge in [0.05, 0.1) is 0 Å². The standard InChI is InChI=1S/C18H29NO3/c1-4-9-18(10-5-2,11-6-3)13-19-17(22)14-7-8-15(20)16(21)12-14/h7-8,12,20-21H,4-6,9-11,13H2,1-3H3,(H,19,22). The van der Waals surface area contributed by atoms with Gasteiger partial charge in [0.25, 0.3) is 5.91 Å². The maximum Gasteiger partial charge on any atom is 0.251 e. The monoisotopic (exact) mass is 307 g/mol. The average molecular weight is 307 g/mol. The van der Waals surface area contributed by atoms with Crippen LogP contribution in [-0.4, -0.2) is 22.7 Å². The second-order valence-corrected chi connectivity index (χ2v) is 6.14. The number of hydrogen-bond acceptors (Lipinski definition) is 3. The number of rotatable bonds is 9. The van der Waals surface area contributed by atoms with Crippen LogP contribution in [0.3, 0.4) is 0 Å². The van der Waals surface area contributed by atoms with Crippen molar-refractivity contribution in [2.24, 2.45) is 5.41 Å². The lowest BCUT2D eigenvalue weighted by molar-refractivity contribution is 0.0914. The molecular formula is C18H29NO3. The number of aromatic hydroxyl groups is 2. The summed E-state index contributed by atoms with van der Waals surface area (Å²) >= 11 is 0. The molecule has 0 fully saturated rings. The Morgan fingerprint density at radius 1 is 1.00 bits per heavy atom. The molecule has 0 heterocycles. The first-order valence-corrected chi connectivity index (χ1v) is 8.28. The molecule has 0 saturated heterocycles. The molecular weight excluding hydrogens is 278 g/mol. The van der Waals surface area contributed by atoms with Crippen LogP contribution in [0.15, 0.2) is 18.2 Å². The van der Waals surface area contributed by atoms with Crippen LogP contribution in [0.5, 0.6) is 11.5 Å². The SMILES string of the molecule is CCCC(CCC)(CCC)CNC(=O)c1ccc(O)c(O)c1. The quantitative estimate of drug-likeness (QED) is 0.598. The van der Waals surface area contributed by atoms with Crippen molar-refractivity contribution in [1.82, 2.24) is 5.32 Å². The topological polar surface area (TPSA) is 69.6 Å². The number of benzene rings is 1. The van der Waals surface area contributed by atoms with Crippen LogP contribution >= 0.6 is 0 Å². The molecule has 1 aromatic carbocycles. The Hall–Kier alpha value is -1.71. The van der Waals surface area contributed by atoms with Gasteiger partial charge in [0.1, 0.15) is 0 Å². The number of phenolic OH excluding ortho intramolecular Hbond substituents is 2. The number of carbonyl (C=O) groups excluding carboxylic acids is 1. The molecule has 22 heavy (non-hydrogen) atoms. The normalized spacial score (nSPS) is 11.4. The van der Waals surface area contributed by atoms with Gasteiger partial charge in [-0.1, -0.05) is 40.0 Å². The Labute approximate surface area is 133 Å². The number of nitrogens with one attached hydrogen (secondary N) is 1. The molecule has 0 radical (unpaired) electrons. The molecule has 4 nitrogen and oxygen atoms in total. The number of hydrogen-bond donors (Lipinski definition) is 3. The Bertz CT molecular complexity index is 468. The number of carbonyl (C=O) groups is 1. The zero-order valence-corrected chi connectivity index (χ0v) is 14.0. The highest BCUT2D eigenvalue weighted by atomic mass is 16.3. The van der Waals surface area contributed by atoms with Gasteiger partial charge < -0.3 is 15.5 Å². The Morgan fingerprint density at radius 3 is 2.00 bits per heavy atom. The highest BCUT2D eigenvalue weighted by Gasteiger charge is 2.28. The maximum atomic E-state index is 12.3. The summed E-state index contributed by atoms with van der Waals surface area (Å²) in [5.41, 5.74) is 0.529. The lowest BCUT2D eigenvalue weighted by atomic mass is 9.75. The minimum atomic E-state index is -0.269. The number of phenols is 2. The van der Waals surface area contributed by atoms with Crippen molar-refractivity contribution >= 4 is 5.91 Å². The first-order chi connectivity index (χ1) is 10.5. The fourth-order valence-electron chi connectivity index (χ4n) is 3.27. The van der Waals surface area contributed by atoms with Crippen molar-refractivity contribution in [2.45, 2.75) is 59.3 Å². The van der Waals surface area contributed by atoms with Gasteiger partial charge in [-0.2, -0.15) is 0 Å². The molecule has 0 aliphatic carbocycles. The van der Waals surface area contributed by atoms with Crippen LogP contribution in [0.1, 0.15) is 69.7 Å². The summed E-state index contributed by atoms with van der Waals surface area (Å²) in [5, 5.41) is 21.8. The summed E-state index contributed by atoms with van der Waals surface area (Å²) in [6, 6.07) is 4.15. The van der Waals surface area contributed by atoms with Crippen molar-refractivity contribution in [3.05, 3.63) is 23.8 Å². The smallest absolute Gasteiger partial charge is 0.251 e. The van der Waals surface area contributed by atoms with E-state index in [1.165, 1.54) is 18.2 Å². The van der Waals surface area contributed by atoms with Gasteiger partial charge in [-0.25, -0.2) is 0 Å². The Morgan fingerprint density at radius 2 is 1.55 bits per heavy atom. The zero-order valence-electron chi connectivity index (χ0n) is 14.0. The van der Waals surface area contributed by atoms with Crippen LogP contribution in [0.4, 0.5) is 0 Å². The van der Waals surface area contributed by atoms with E-state index in [0.29, 0.717) is 12.1 Å². The van der Waals surface area contributed by atoms with E-state index < -0.39 is 0 Å². The molecule has 1 amide bonds. The molecule has 0 saturated carbocycles. The summed E-state index contributed by atoms with van der Waals surface area (Å²) in [5.74, 6) is -0.689. The van der Waals surface area contributed by atoms with E-state index in [0.717, 1.165) is 38.5 Å². The molecule has 0 unspecified atom stereocenters. The zero-order chi connectivity index (χ0) is 16.6. The molecule has 0 aliphatic rings. The van der Waals surface area contributed by atoms with Crippen LogP contribution < -0.4 is 5.32 Å². The largest absolute Gasteiger partial charge is 0.504 e. The maximum absolute atomic E-state index is 12.3. The van der Waals surface area contributed by atoms with Crippen LogP contribution in [0.25, 0.3) is 0 Å². The van der Waals surface area contributed by atoms with Crippen molar-refractivity contribution in [3.63, 3.8) is 0 Å². The third kappa shape index (κ3) is 4.93. The van der Waals surface area contributed by atoms with Gasteiger partial charge in [0, 0.05) is 12.1 Å². The van der Waals surface area contributed by atoms with Crippen molar-refractivity contribution in [1.29, 1.82) is 0 Å². The van der Waals surface area contributed by atoms with Crippen molar-refractivity contribution in [2.75, 3.05) is 6.54 Å². The highest BCUT2D eigenvalue weighted by Crippen LogP contribution is 2.34. The van der Waals surface area contributed by atoms with E-state index >= 15 is 0 Å². The lowest BCUT2D eigenvalue weighted by Gasteiger charge is -2.33. The van der Waals surface area contributed by atoms with E-state index in [9.17, 15) is 15.0 Å². The van der Waals surface area contributed by atoms with Gasteiger partial charge >= 0.3 is 0 Å². The molecule has 3 N–H and O–H groups in total. The first kappa shape index (κ1) is 18.3. The predicted molar refractivity (Wildman–Crippen MR) is 89.3 cm³/mol. The molecule has 0 atom stereocenters. The third-order valence-corrected chi connectivity index (χ3v) is 4.20. The van der Waals surface area contributed by atoms with Crippen molar-refractivity contribution < 1.29 is 15.0 Å². The first-order valence-electron chi connectivity index (χ1n) is 8.28. The fourth-order valence-corrected chi connectivity index (χ4v) is 3.27. The van der Waals surface area contributed by atoms with Crippen molar-refractivity contribution in [3.8, 4) is 11.5 Å². The highest BCUT2D eigenvalue weighted by molar-refractivity contribution is 5.94. The Kier molecular flexibility index (Phi) is 7.22. The summed E-state index contributed by atoms with van der Waals surface area (Å²) in [7, 11) is 0. The molecule has 124 valence electrons. The molecule has 0 spiro atoms. The van der Waals surface area contributed by atoms with Gasteiger partial charge in [-0.05, 0) is 42.9 Å².